The summed E-state index contributed by atoms with van der Waals surface area (Å²) in [7, 11) is 1.68. The third-order valence-corrected chi connectivity index (χ3v) is 2.31. The molecule has 1 heterocycles. The Morgan fingerprint density at radius 3 is 2.89 bits per heavy atom. The van der Waals surface area contributed by atoms with Crippen LogP contribution in [0, 0.1) is 6.92 Å². The van der Waals surface area contributed by atoms with Crippen LogP contribution in [-0.2, 0) is 11.2 Å². The van der Waals surface area contributed by atoms with Crippen LogP contribution in [0.5, 0.6) is 0 Å². The molecule has 19 heavy (non-hydrogen) atoms. The van der Waals surface area contributed by atoms with Crippen molar-refractivity contribution in [2.24, 2.45) is 4.99 Å². The summed E-state index contributed by atoms with van der Waals surface area (Å²) in [5.41, 5.74) is 0. The molecule has 0 amide bonds. The lowest BCUT2D eigenvalue weighted by molar-refractivity contribution is 0.179. The Labute approximate surface area is 113 Å². The average Bonchev–Trinajstić information content (AvgIpc) is 2.75. The molecule has 0 saturated heterocycles. The smallest absolute Gasteiger partial charge is 0.228 e. The molecule has 0 aliphatic carbocycles. The van der Waals surface area contributed by atoms with Crippen LogP contribution < -0.4 is 10.6 Å². The summed E-state index contributed by atoms with van der Waals surface area (Å²) in [4.78, 5) is 8.59. The van der Waals surface area contributed by atoms with Gasteiger partial charge in [0.05, 0.1) is 13.2 Å². The van der Waals surface area contributed by atoms with Crippen molar-refractivity contribution in [1.29, 1.82) is 0 Å². The van der Waals surface area contributed by atoms with Gasteiger partial charge in [-0.05, 0) is 20.8 Å². The first-order chi connectivity index (χ1) is 9.15. The molecular formula is C12H23N5O2. The van der Waals surface area contributed by atoms with Gasteiger partial charge in [-0.25, -0.2) is 0 Å². The summed E-state index contributed by atoms with van der Waals surface area (Å²) >= 11 is 0. The van der Waals surface area contributed by atoms with Crippen molar-refractivity contribution in [3.63, 3.8) is 0 Å². The summed E-state index contributed by atoms with van der Waals surface area (Å²) in [6.45, 7) is 7.90. The van der Waals surface area contributed by atoms with E-state index in [0.29, 0.717) is 31.3 Å². The summed E-state index contributed by atoms with van der Waals surface area (Å²) in [5.74, 6) is 2.03. The summed E-state index contributed by atoms with van der Waals surface area (Å²) < 4.78 is 10.1. The highest BCUT2D eigenvalue weighted by atomic mass is 16.5. The zero-order valence-corrected chi connectivity index (χ0v) is 12.1. The lowest BCUT2D eigenvalue weighted by atomic mass is 10.4. The molecule has 2 N–H and O–H groups in total. The van der Waals surface area contributed by atoms with Gasteiger partial charge >= 0.3 is 0 Å². The Morgan fingerprint density at radius 1 is 1.53 bits per heavy atom. The van der Waals surface area contributed by atoms with Gasteiger partial charge in [-0.15, -0.1) is 0 Å². The Morgan fingerprint density at radius 2 is 2.32 bits per heavy atom. The van der Waals surface area contributed by atoms with E-state index in [1.54, 1.807) is 14.0 Å². The lowest BCUT2D eigenvalue weighted by Crippen LogP contribution is -2.44. The number of hydrogen-bond donors (Lipinski definition) is 2. The lowest BCUT2D eigenvalue weighted by Gasteiger charge is -2.16. The van der Waals surface area contributed by atoms with Crippen LogP contribution in [0.3, 0.4) is 0 Å². The van der Waals surface area contributed by atoms with E-state index in [1.165, 1.54) is 0 Å². The van der Waals surface area contributed by atoms with E-state index in [0.717, 1.165) is 12.5 Å². The van der Waals surface area contributed by atoms with Gasteiger partial charge in [0.1, 0.15) is 0 Å². The molecule has 1 aromatic rings. The van der Waals surface area contributed by atoms with Crippen LogP contribution in [0.25, 0.3) is 0 Å². The quantitative estimate of drug-likeness (QED) is 0.554. The molecule has 0 radical (unpaired) electrons. The molecule has 7 heteroatoms. The van der Waals surface area contributed by atoms with Crippen molar-refractivity contribution in [3.8, 4) is 0 Å². The van der Waals surface area contributed by atoms with Gasteiger partial charge in [0.25, 0.3) is 0 Å². The van der Waals surface area contributed by atoms with Crippen LogP contribution in [0.15, 0.2) is 9.52 Å². The van der Waals surface area contributed by atoms with Crippen LogP contribution in [0.1, 0.15) is 25.6 Å². The number of nitrogens with one attached hydrogen (secondary N) is 2. The Kier molecular flexibility index (Phi) is 6.88. The van der Waals surface area contributed by atoms with Gasteiger partial charge in [-0.1, -0.05) is 5.16 Å². The summed E-state index contributed by atoms with van der Waals surface area (Å²) in [5, 5.41) is 10.2. The van der Waals surface area contributed by atoms with Gasteiger partial charge in [0.15, 0.2) is 11.8 Å². The first kappa shape index (κ1) is 15.4. The molecule has 0 fully saturated rings. The summed E-state index contributed by atoms with van der Waals surface area (Å²) in [6, 6.07) is 0.202. The van der Waals surface area contributed by atoms with Crippen molar-refractivity contribution >= 4 is 5.96 Å². The Balaban J connectivity index is 2.43. The highest BCUT2D eigenvalue weighted by molar-refractivity contribution is 5.80. The Hall–Kier alpha value is -1.63. The van der Waals surface area contributed by atoms with Gasteiger partial charge < -0.3 is 19.9 Å². The topological polar surface area (TPSA) is 84.6 Å². The van der Waals surface area contributed by atoms with Crippen molar-refractivity contribution in [1.82, 2.24) is 20.8 Å². The van der Waals surface area contributed by atoms with Crippen LogP contribution in [0.4, 0.5) is 0 Å². The number of ether oxygens (including phenoxy) is 1. The fourth-order valence-electron chi connectivity index (χ4n) is 1.55. The number of methoxy groups -OCH3 is 1. The average molecular weight is 269 g/mol. The maximum absolute atomic E-state index is 5.08. The molecule has 0 aromatic carbocycles. The molecule has 0 aliphatic rings. The van der Waals surface area contributed by atoms with Crippen molar-refractivity contribution < 1.29 is 9.26 Å². The molecule has 1 atom stereocenters. The monoisotopic (exact) mass is 269 g/mol. The number of aliphatic imine (C=N–C) groups is 1. The molecule has 0 spiro atoms. The second-order valence-corrected chi connectivity index (χ2v) is 4.25. The van der Waals surface area contributed by atoms with Crippen molar-refractivity contribution in [2.75, 3.05) is 26.8 Å². The number of aryl methyl sites for hydroxylation is 1. The SMILES string of the molecule is CCNC(=NCCc1nc(C)no1)NC(C)COC. The first-order valence-corrected chi connectivity index (χ1v) is 6.48. The van der Waals surface area contributed by atoms with E-state index in [4.69, 9.17) is 9.26 Å². The zero-order valence-electron chi connectivity index (χ0n) is 12.1. The maximum atomic E-state index is 5.08. The van der Waals surface area contributed by atoms with Crippen molar-refractivity contribution in [3.05, 3.63) is 11.7 Å². The largest absolute Gasteiger partial charge is 0.383 e. The number of nitrogens with zero attached hydrogens (tertiary/aromatic N) is 3. The van der Waals surface area contributed by atoms with Crippen molar-refractivity contribution in [2.45, 2.75) is 33.2 Å². The normalized spacial score (nSPS) is 13.4. The predicted molar refractivity (Wildman–Crippen MR) is 73.2 cm³/mol. The fraction of sp³-hybridized carbons (Fsp3) is 0.750. The minimum absolute atomic E-state index is 0.202. The molecule has 7 nitrogen and oxygen atoms in total. The minimum Gasteiger partial charge on any atom is -0.383 e. The second kappa shape index (κ2) is 8.47. The van der Waals surface area contributed by atoms with Crippen LogP contribution in [0.2, 0.25) is 0 Å². The zero-order chi connectivity index (χ0) is 14.1. The maximum Gasteiger partial charge on any atom is 0.228 e. The van der Waals surface area contributed by atoms with E-state index in [1.807, 2.05) is 13.8 Å². The number of hydrogen-bond acceptors (Lipinski definition) is 5. The van der Waals surface area contributed by atoms with Crippen LogP contribution in [-0.4, -0.2) is 48.9 Å². The third-order valence-electron chi connectivity index (χ3n) is 2.31. The highest BCUT2D eigenvalue weighted by Crippen LogP contribution is 1.96. The molecular weight excluding hydrogens is 246 g/mol. The van der Waals surface area contributed by atoms with Gasteiger partial charge in [-0.3, -0.25) is 4.99 Å². The van der Waals surface area contributed by atoms with E-state index >= 15 is 0 Å². The van der Waals surface area contributed by atoms with E-state index in [-0.39, 0.29) is 6.04 Å². The molecule has 0 bridgehead atoms. The summed E-state index contributed by atoms with van der Waals surface area (Å²) in [6.07, 6.45) is 0.635. The molecule has 1 rings (SSSR count). The Bertz CT molecular complexity index is 391. The van der Waals surface area contributed by atoms with Gasteiger partial charge in [0, 0.05) is 26.1 Å². The first-order valence-electron chi connectivity index (χ1n) is 6.48. The third kappa shape index (κ3) is 6.19. The number of guanidine groups is 1. The molecule has 1 aromatic heterocycles. The van der Waals surface area contributed by atoms with Gasteiger partial charge in [-0.2, -0.15) is 4.98 Å². The molecule has 0 saturated carbocycles. The fourth-order valence-corrected chi connectivity index (χ4v) is 1.55. The molecule has 1 unspecified atom stereocenters. The molecule has 0 aliphatic heterocycles. The van der Waals surface area contributed by atoms with E-state index < -0.39 is 0 Å². The highest BCUT2D eigenvalue weighted by Gasteiger charge is 2.05. The van der Waals surface area contributed by atoms with E-state index in [2.05, 4.69) is 25.8 Å². The number of rotatable bonds is 7. The van der Waals surface area contributed by atoms with Gasteiger partial charge in [0.2, 0.25) is 5.89 Å². The standard InChI is InChI=1S/C12H23N5O2/c1-5-13-12(15-9(2)8-18-4)14-7-6-11-16-10(3)17-19-11/h9H,5-8H2,1-4H3,(H2,13,14,15). The number of aromatic nitrogens is 2. The predicted octanol–water partition coefficient (Wildman–Crippen LogP) is 0.511. The molecule has 108 valence electrons. The van der Waals surface area contributed by atoms with Crippen LogP contribution >= 0.6 is 0 Å². The second-order valence-electron chi connectivity index (χ2n) is 4.25. The van der Waals surface area contributed by atoms with E-state index in [9.17, 15) is 0 Å². The minimum atomic E-state index is 0.202.